The van der Waals surface area contributed by atoms with Crippen molar-refractivity contribution in [2.75, 3.05) is 0 Å². The van der Waals surface area contributed by atoms with E-state index >= 15 is 0 Å². The first kappa shape index (κ1) is 10.3. The molecular formula is C12H13N3O2. The molecule has 0 radical (unpaired) electrons. The Morgan fingerprint density at radius 2 is 2.00 bits per heavy atom. The van der Waals surface area contributed by atoms with E-state index in [0.29, 0.717) is 17.6 Å². The van der Waals surface area contributed by atoms with Crippen LogP contribution in [0.15, 0.2) is 28.8 Å². The van der Waals surface area contributed by atoms with Crippen LogP contribution in [0.1, 0.15) is 24.8 Å². The summed E-state index contributed by atoms with van der Waals surface area (Å²) in [6.45, 7) is 0. The smallest absolute Gasteiger partial charge is 0.244 e. The van der Waals surface area contributed by atoms with Crippen LogP contribution in [0.2, 0.25) is 0 Å². The molecule has 5 heteroatoms. The van der Waals surface area contributed by atoms with Crippen LogP contribution >= 0.6 is 0 Å². The van der Waals surface area contributed by atoms with Crippen molar-refractivity contribution in [1.82, 2.24) is 10.1 Å². The number of aromatic hydroxyl groups is 1. The second kappa shape index (κ2) is 3.85. The maximum Gasteiger partial charge on any atom is 0.244 e. The third-order valence-electron chi connectivity index (χ3n) is 2.98. The van der Waals surface area contributed by atoms with Gasteiger partial charge in [-0.2, -0.15) is 4.98 Å². The Morgan fingerprint density at radius 3 is 2.65 bits per heavy atom. The highest BCUT2D eigenvalue weighted by Crippen LogP contribution is 2.39. The highest BCUT2D eigenvalue weighted by Gasteiger charge is 2.33. The Morgan fingerprint density at radius 1 is 1.29 bits per heavy atom. The molecule has 1 atom stereocenters. The summed E-state index contributed by atoms with van der Waals surface area (Å²) in [5.74, 6) is 1.71. The Labute approximate surface area is 98.3 Å². The molecule has 3 rings (SSSR count). The van der Waals surface area contributed by atoms with E-state index in [4.69, 9.17) is 10.3 Å². The quantitative estimate of drug-likeness (QED) is 0.842. The molecule has 5 nitrogen and oxygen atoms in total. The molecule has 0 amide bonds. The standard InChI is InChI=1S/C12H13N3O2/c13-10(7-1-2-7)12-14-11(15-17-12)8-3-5-9(16)6-4-8/h3-7,10,16H,1-2,13H2. The lowest BCUT2D eigenvalue weighted by Gasteiger charge is -2.01. The van der Waals surface area contributed by atoms with Gasteiger partial charge in [0.1, 0.15) is 5.75 Å². The van der Waals surface area contributed by atoms with Gasteiger partial charge in [0.25, 0.3) is 0 Å². The zero-order chi connectivity index (χ0) is 11.8. The number of aromatic nitrogens is 2. The third-order valence-corrected chi connectivity index (χ3v) is 2.98. The van der Waals surface area contributed by atoms with E-state index in [0.717, 1.165) is 18.4 Å². The maximum atomic E-state index is 9.19. The van der Waals surface area contributed by atoms with Crippen molar-refractivity contribution in [3.63, 3.8) is 0 Å². The molecule has 1 saturated carbocycles. The minimum atomic E-state index is -0.145. The predicted octanol–water partition coefficient (Wildman–Crippen LogP) is 1.85. The number of benzene rings is 1. The largest absolute Gasteiger partial charge is 0.508 e. The summed E-state index contributed by atoms with van der Waals surface area (Å²) in [5.41, 5.74) is 6.79. The lowest BCUT2D eigenvalue weighted by molar-refractivity contribution is 0.343. The number of phenolic OH excluding ortho intramolecular Hbond substituents is 1. The number of nitrogens with two attached hydrogens (primary N) is 1. The Bertz CT molecular complexity index is 517. The monoisotopic (exact) mass is 231 g/mol. The highest BCUT2D eigenvalue weighted by molar-refractivity contribution is 5.55. The number of phenols is 1. The van der Waals surface area contributed by atoms with Crippen molar-refractivity contribution in [1.29, 1.82) is 0 Å². The molecule has 1 aromatic heterocycles. The van der Waals surface area contributed by atoms with Crippen LogP contribution in [0.25, 0.3) is 11.4 Å². The zero-order valence-corrected chi connectivity index (χ0v) is 9.21. The molecule has 1 aliphatic carbocycles. The maximum absolute atomic E-state index is 9.19. The van der Waals surface area contributed by atoms with Gasteiger partial charge in [0.15, 0.2) is 0 Å². The van der Waals surface area contributed by atoms with Gasteiger partial charge in [-0.1, -0.05) is 5.16 Å². The fourth-order valence-corrected chi connectivity index (χ4v) is 1.76. The summed E-state index contributed by atoms with van der Waals surface area (Å²) in [4.78, 5) is 4.29. The second-order valence-corrected chi connectivity index (χ2v) is 4.37. The van der Waals surface area contributed by atoms with E-state index < -0.39 is 0 Å². The molecule has 1 heterocycles. The minimum absolute atomic E-state index is 0.145. The minimum Gasteiger partial charge on any atom is -0.508 e. The molecule has 0 saturated heterocycles. The Balaban J connectivity index is 1.86. The molecule has 0 aliphatic heterocycles. The summed E-state index contributed by atoms with van der Waals surface area (Å²) in [7, 11) is 0. The van der Waals surface area contributed by atoms with Crippen LogP contribution in [0.5, 0.6) is 5.75 Å². The van der Waals surface area contributed by atoms with Gasteiger partial charge >= 0.3 is 0 Å². The van der Waals surface area contributed by atoms with E-state index in [2.05, 4.69) is 10.1 Å². The van der Waals surface area contributed by atoms with E-state index in [1.54, 1.807) is 24.3 Å². The van der Waals surface area contributed by atoms with E-state index in [1.807, 2.05) is 0 Å². The van der Waals surface area contributed by atoms with Crippen molar-refractivity contribution in [2.45, 2.75) is 18.9 Å². The molecule has 1 unspecified atom stereocenters. The number of hydrogen-bond donors (Lipinski definition) is 2. The van der Waals surface area contributed by atoms with Crippen molar-refractivity contribution in [3.8, 4) is 17.1 Å². The summed E-state index contributed by atoms with van der Waals surface area (Å²) in [5, 5.41) is 13.1. The van der Waals surface area contributed by atoms with Crippen molar-refractivity contribution in [2.24, 2.45) is 11.7 Å². The first-order valence-electron chi connectivity index (χ1n) is 5.62. The molecule has 17 heavy (non-hydrogen) atoms. The summed E-state index contributed by atoms with van der Waals surface area (Å²) < 4.78 is 5.16. The molecular weight excluding hydrogens is 218 g/mol. The third kappa shape index (κ3) is 2.01. The normalized spacial score (nSPS) is 17.0. The van der Waals surface area contributed by atoms with Crippen molar-refractivity contribution < 1.29 is 9.63 Å². The molecule has 0 bridgehead atoms. The van der Waals surface area contributed by atoms with Crippen LogP contribution < -0.4 is 5.73 Å². The van der Waals surface area contributed by atoms with Crippen molar-refractivity contribution in [3.05, 3.63) is 30.2 Å². The average molecular weight is 231 g/mol. The van der Waals surface area contributed by atoms with Crippen molar-refractivity contribution >= 4 is 0 Å². The van der Waals surface area contributed by atoms with Gasteiger partial charge in [-0.05, 0) is 43.0 Å². The summed E-state index contributed by atoms with van der Waals surface area (Å²) >= 11 is 0. The lowest BCUT2D eigenvalue weighted by Crippen LogP contribution is -2.12. The SMILES string of the molecule is NC(c1nc(-c2ccc(O)cc2)no1)C1CC1. The molecule has 3 N–H and O–H groups in total. The first-order chi connectivity index (χ1) is 8.24. The second-order valence-electron chi connectivity index (χ2n) is 4.37. The number of hydrogen-bond acceptors (Lipinski definition) is 5. The Hall–Kier alpha value is -1.88. The van der Waals surface area contributed by atoms with Gasteiger partial charge < -0.3 is 15.4 Å². The highest BCUT2D eigenvalue weighted by atomic mass is 16.5. The summed E-state index contributed by atoms with van der Waals surface area (Å²) in [6.07, 6.45) is 2.27. The van der Waals surface area contributed by atoms with Crippen LogP contribution in [0.4, 0.5) is 0 Å². The van der Waals surface area contributed by atoms with Gasteiger partial charge in [-0.15, -0.1) is 0 Å². The van der Waals surface area contributed by atoms with Crippen LogP contribution in [-0.2, 0) is 0 Å². The van der Waals surface area contributed by atoms with Gasteiger partial charge in [-0.25, -0.2) is 0 Å². The molecule has 1 fully saturated rings. The lowest BCUT2D eigenvalue weighted by atomic mass is 10.2. The van der Waals surface area contributed by atoms with Gasteiger partial charge in [0, 0.05) is 5.56 Å². The van der Waals surface area contributed by atoms with Gasteiger partial charge in [0.05, 0.1) is 6.04 Å². The Kier molecular flexibility index (Phi) is 2.33. The predicted molar refractivity (Wildman–Crippen MR) is 61.1 cm³/mol. The average Bonchev–Trinajstić information content (AvgIpc) is 3.07. The fourth-order valence-electron chi connectivity index (χ4n) is 1.76. The van der Waals surface area contributed by atoms with Crippen LogP contribution in [0.3, 0.4) is 0 Å². The number of rotatable bonds is 3. The molecule has 1 aromatic carbocycles. The molecule has 88 valence electrons. The fraction of sp³-hybridized carbons (Fsp3) is 0.333. The van der Waals surface area contributed by atoms with Crippen LogP contribution in [0, 0.1) is 5.92 Å². The van der Waals surface area contributed by atoms with Gasteiger partial charge in [0.2, 0.25) is 11.7 Å². The van der Waals surface area contributed by atoms with E-state index in [-0.39, 0.29) is 11.8 Å². The molecule has 0 spiro atoms. The zero-order valence-electron chi connectivity index (χ0n) is 9.21. The van der Waals surface area contributed by atoms with Crippen LogP contribution in [-0.4, -0.2) is 15.2 Å². The molecule has 2 aromatic rings. The topological polar surface area (TPSA) is 85.2 Å². The van der Waals surface area contributed by atoms with Gasteiger partial charge in [-0.3, -0.25) is 0 Å². The molecule has 1 aliphatic rings. The first-order valence-corrected chi connectivity index (χ1v) is 5.62. The van der Waals surface area contributed by atoms with E-state index in [9.17, 15) is 5.11 Å². The van der Waals surface area contributed by atoms with E-state index in [1.165, 1.54) is 0 Å². The number of nitrogens with zero attached hydrogens (tertiary/aromatic N) is 2. The summed E-state index contributed by atoms with van der Waals surface area (Å²) in [6, 6.07) is 6.52.